The van der Waals surface area contributed by atoms with Gasteiger partial charge in [0.1, 0.15) is 5.75 Å². The van der Waals surface area contributed by atoms with Gasteiger partial charge in [-0.15, -0.1) is 0 Å². The van der Waals surface area contributed by atoms with E-state index in [0.29, 0.717) is 25.4 Å². The van der Waals surface area contributed by atoms with Crippen molar-refractivity contribution in [3.63, 3.8) is 0 Å². The average molecular weight is 397 g/mol. The van der Waals surface area contributed by atoms with Crippen molar-refractivity contribution < 1.29 is 19.2 Å². The molecule has 0 aliphatic carbocycles. The largest absolute Gasteiger partial charge is 0.484 e. The lowest BCUT2D eigenvalue weighted by Gasteiger charge is -2.31. The molecule has 1 aliphatic heterocycles. The number of ether oxygens (including phenoxy) is 1. The summed E-state index contributed by atoms with van der Waals surface area (Å²) in [6.07, 6.45) is 0. The predicted octanol–water partition coefficient (Wildman–Crippen LogP) is 1.36. The number of hydrogen-bond acceptors (Lipinski definition) is 3. The van der Waals surface area contributed by atoms with Crippen LogP contribution in [0.15, 0.2) is 42.5 Å². The molecule has 0 bridgehead atoms. The van der Waals surface area contributed by atoms with Gasteiger partial charge >= 0.3 is 0 Å². The highest BCUT2D eigenvalue weighted by Gasteiger charge is 2.25. The molecule has 2 aromatic carbocycles. The fraction of sp³-hybridized carbons (Fsp3) is 0.391. The van der Waals surface area contributed by atoms with Crippen molar-refractivity contribution in [1.82, 2.24) is 4.90 Å². The Morgan fingerprint density at radius 3 is 2.34 bits per heavy atom. The first-order valence-electron chi connectivity index (χ1n) is 10.1. The maximum absolute atomic E-state index is 12.5. The molecule has 0 unspecified atom stereocenters. The van der Waals surface area contributed by atoms with Crippen LogP contribution in [-0.4, -0.2) is 56.0 Å². The number of anilines is 1. The smallest absolute Gasteiger partial charge is 0.279 e. The summed E-state index contributed by atoms with van der Waals surface area (Å²) in [5.74, 6) is 0.719. The number of hydrogen-bond donors (Lipinski definition) is 2. The standard InChI is InChI=1S/C23H29N3O3/c1-17-6-4-9-20(14-17)29-16-22(28)26-12-10-25(11-13-26)15-21(27)24-23-18(2)7-5-8-19(23)3/h4-9,14H,10-13,15-16H2,1-3H3,(H,24,27)/p+1. The fourth-order valence-electron chi connectivity index (χ4n) is 3.61. The zero-order chi connectivity index (χ0) is 20.8. The number of amides is 2. The molecule has 1 aliphatic rings. The second-order valence-corrected chi connectivity index (χ2v) is 7.73. The van der Waals surface area contributed by atoms with Crippen LogP contribution >= 0.6 is 0 Å². The van der Waals surface area contributed by atoms with Gasteiger partial charge in [0.25, 0.3) is 11.8 Å². The van der Waals surface area contributed by atoms with Crippen LogP contribution in [0.3, 0.4) is 0 Å². The average Bonchev–Trinajstić information content (AvgIpc) is 2.70. The van der Waals surface area contributed by atoms with Crippen molar-refractivity contribution in [2.75, 3.05) is 44.6 Å². The summed E-state index contributed by atoms with van der Waals surface area (Å²) in [5, 5.41) is 3.04. The lowest BCUT2D eigenvalue weighted by Crippen LogP contribution is -3.15. The van der Waals surface area contributed by atoms with Crippen LogP contribution in [0.25, 0.3) is 0 Å². The number of carbonyl (C=O) groups excluding carboxylic acids is 2. The molecular formula is C23H30N3O3+. The Morgan fingerprint density at radius 1 is 1.03 bits per heavy atom. The molecule has 1 saturated heterocycles. The zero-order valence-corrected chi connectivity index (χ0v) is 17.5. The van der Waals surface area contributed by atoms with E-state index in [-0.39, 0.29) is 18.4 Å². The molecule has 1 heterocycles. The van der Waals surface area contributed by atoms with Gasteiger partial charge in [0, 0.05) is 5.69 Å². The first-order valence-corrected chi connectivity index (χ1v) is 10.1. The van der Waals surface area contributed by atoms with Crippen LogP contribution in [-0.2, 0) is 9.59 Å². The number of benzene rings is 2. The molecule has 2 aromatic rings. The number of piperazine rings is 1. The first kappa shape index (κ1) is 20.9. The number of quaternary nitrogens is 1. The van der Waals surface area contributed by atoms with Crippen LogP contribution in [0.2, 0.25) is 0 Å². The summed E-state index contributed by atoms with van der Waals surface area (Å²) in [7, 11) is 0. The second-order valence-electron chi connectivity index (χ2n) is 7.73. The van der Waals surface area contributed by atoms with E-state index < -0.39 is 0 Å². The topological polar surface area (TPSA) is 63.1 Å². The monoisotopic (exact) mass is 396 g/mol. The van der Waals surface area contributed by atoms with E-state index in [9.17, 15) is 9.59 Å². The van der Waals surface area contributed by atoms with Crippen molar-refractivity contribution >= 4 is 17.5 Å². The molecule has 29 heavy (non-hydrogen) atoms. The molecule has 0 radical (unpaired) electrons. The summed E-state index contributed by atoms with van der Waals surface area (Å²) >= 11 is 0. The number of rotatable bonds is 6. The van der Waals surface area contributed by atoms with Gasteiger partial charge in [-0.25, -0.2) is 0 Å². The van der Waals surface area contributed by atoms with Gasteiger partial charge in [-0.3, -0.25) is 9.59 Å². The number of nitrogens with one attached hydrogen (secondary N) is 2. The van der Waals surface area contributed by atoms with E-state index in [1.807, 2.05) is 68.1 Å². The predicted molar refractivity (Wildman–Crippen MR) is 113 cm³/mol. The van der Waals surface area contributed by atoms with E-state index in [1.54, 1.807) is 0 Å². The Hall–Kier alpha value is -2.86. The molecule has 0 saturated carbocycles. The van der Waals surface area contributed by atoms with Crippen LogP contribution in [0.1, 0.15) is 16.7 Å². The molecule has 3 rings (SSSR count). The minimum Gasteiger partial charge on any atom is -0.484 e. The van der Waals surface area contributed by atoms with Gasteiger partial charge in [-0.05, 0) is 49.6 Å². The fourth-order valence-corrected chi connectivity index (χ4v) is 3.61. The lowest BCUT2D eigenvalue weighted by molar-refractivity contribution is -0.895. The molecule has 0 spiro atoms. The van der Waals surface area contributed by atoms with Crippen molar-refractivity contribution in [2.45, 2.75) is 20.8 Å². The maximum atomic E-state index is 12.5. The quantitative estimate of drug-likeness (QED) is 0.775. The van der Waals surface area contributed by atoms with Gasteiger partial charge in [0.2, 0.25) is 0 Å². The molecule has 6 nitrogen and oxygen atoms in total. The van der Waals surface area contributed by atoms with Crippen molar-refractivity contribution in [3.8, 4) is 5.75 Å². The second kappa shape index (κ2) is 9.56. The van der Waals surface area contributed by atoms with Gasteiger partial charge < -0.3 is 19.9 Å². The van der Waals surface area contributed by atoms with Crippen LogP contribution in [0.5, 0.6) is 5.75 Å². The molecule has 2 amide bonds. The summed E-state index contributed by atoms with van der Waals surface area (Å²) in [4.78, 5) is 27.9. The highest BCUT2D eigenvalue weighted by molar-refractivity contribution is 5.93. The van der Waals surface area contributed by atoms with Gasteiger partial charge in [-0.1, -0.05) is 30.3 Å². The molecule has 2 N–H and O–H groups in total. The SMILES string of the molecule is Cc1cccc(OCC(=O)N2CC[NH+](CC(=O)Nc3c(C)cccc3C)CC2)c1. The number of aryl methyl sites for hydroxylation is 3. The van der Waals surface area contributed by atoms with Crippen molar-refractivity contribution in [1.29, 1.82) is 0 Å². The number of para-hydroxylation sites is 1. The van der Waals surface area contributed by atoms with Gasteiger partial charge in [-0.2, -0.15) is 0 Å². The van der Waals surface area contributed by atoms with Gasteiger partial charge in [0.15, 0.2) is 13.2 Å². The van der Waals surface area contributed by atoms with Crippen LogP contribution in [0.4, 0.5) is 5.69 Å². The third-order valence-corrected chi connectivity index (χ3v) is 5.33. The first-order chi connectivity index (χ1) is 13.9. The Balaban J connectivity index is 1.42. The van der Waals surface area contributed by atoms with Gasteiger partial charge in [0.05, 0.1) is 26.2 Å². The third-order valence-electron chi connectivity index (χ3n) is 5.33. The molecular weight excluding hydrogens is 366 g/mol. The van der Waals surface area contributed by atoms with Crippen LogP contribution < -0.4 is 15.0 Å². The maximum Gasteiger partial charge on any atom is 0.279 e. The summed E-state index contributed by atoms with van der Waals surface area (Å²) < 4.78 is 5.62. The number of carbonyl (C=O) groups is 2. The van der Waals surface area contributed by atoms with Crippen molar-refractivity contribution in [3.05, 3.63) is 59.2 Å². The van der Waals surface area contributed by atoms with E-state index >= 15 is 0 Å². The molecule has 1 fully saturated rings. The summed E-state index contributed by atoms with van der Waals surface area (Å²) in [5.41, 5.74) is 4.14. The minimum atomic E-state index is -0.00876. The Kier molecular flexibility index (Phi) is 6.88. The number of nitrogens with zero attached hydrogens (tertiary/aromatic N) is 1. The molecule has 0 aromatic heterocycles. The Morgan fingerprint density at radius 2 is 1.69 bits per heavy atom. The Bertz CT molecular complexity index is 853. The molecule has 6 heteroatoms. The van der Waals surface area contributed by atoms with E-state index in [4.69, 9.17) is 4.74 Å². The highest BCUT2D eigenvalue weighted by Crippen LogP contribution is 2.19. The lowest BCUT2D eigenvalue weighted by atomic mass is 10.1. The zero-order valence-electron chi connectivity index (χ0n) is 17.5. The Labute approximate surface area is 172 Å². The van der Waals surface area contributed by atoms with E-state index in [1.165, 1.54) is 4.90 Å². The van der Waals surface area contributed by atoms with Crippen molar-refractivity contribution in [2.24, 2.45) is 0 Å². The third kappa shape index (κ3) is 5.81. The van der Waals surface area contributed by atoms with E-state index in [2.05, 4.69) is 5.32 Å². The van der Waals surface area contributed by atoms with Crippen LogP contribution in [0, 0.1) is 20.8 Å². The molecule has 0 atom stereocenters. The summed E-state index contributed by atoms with van der Waals surface area (Å²) in [6.45, 7) is 9.25. The normalized spacial score (nSPS) is 14.5. The minimum absolute atomic E-state index is 0.00876. The summed E-state index contributed by atoms with van der Waals surface area (Å²) in [6, 6.07) is 13.7. The highest BCUT2D eigenvalue weighted by atomic mass is 16.5. The molecule has 154 valence electrons. The van der Waals surface area contributed by atoms with E-state index in [0.717, 1.165) is 35.5 Å².